The van der Waals surface area contributed by atoms with Crippen molar-refractivity contribution in [2.75, 3.05) is 0 Å². The first-order chi connectivity index (χ1) is 12.1. The fraction of sp³-hybridized carbons (Fsp3) is 0.158. The van der Waals surface area contributed by atoms with E-state index in [1.165, 1.54) is 0 Å². The van der Waals surface area contributed by atoms with E-state index in [2.05, 4.69) is 10.3 Å². The van der Waals surface area contributed by atoms with Gasteiger partial charge in [0, 0.05) is 28.4 Å². The number of nitrogens with zero attached hydrogens (tertiary/aromatic N) is 1. The Labute approximate surface area is 160 Å². The first-order valence-electron chi connectivity index (χ1n) is 7.78. The molecule has 0 saturated heterocycles. The summed E-state index contributed by atoms with van der Waals surface area (Å²) in [6.45, 7) is 0.415. The Morgan fingerprint density at radius 1 is 1.12 bits per heavy atom. The van der Waals surface area contributed by atoms with Crippen LogP contribution < -0.4 is 5.32 Å². The van der Waals surface area contributed by atoms with Gasteiger partial charge in [0.15, 0.2) is 0 Å². The third kappa shape index (κ3) is 5.30. The molecule has 0 bridgehead atoms. The largest absolute Gasteiger partial charge is 0.352 e. The number of carbonyl (C=O) groups is 1. The van der Waals surface area contributed by atoms with E-state index in [1.54, 1.807) is 11.3 Å². The van der Waals surface area contributed by atoms with Crippen LogP contribution in [-0.4, -0.2) is 10.9 Å². The minimum Gasteiger partial charge on any atom is -0.352 e. The molecule has 0 atom stereocenters. The molecule has 0 fully saturated rings. The topological polar surface area (TPSA) is 42.0 Å². The van der Waals surface area contributed by atoms with E-state index in [0.29, 0.717) is 23.0 Å². The van der Waals surface area contributed by atoms with Crippen LogP contribution in [0.1, 0.15) is 21.8 Å². The number of thiazole rings is 1. The van der Waals surface area contributed by atoms with Gasteiger partial charge in [-0.1, -0.05) is 53.5 Å². The minimum atomic E-state index is -0.0699. The first-order valence-corrected chi connectivity index (χ1v) is 9.41. The Balaban J connectivity index is 1.54. The summed E-state index contributed by atoms with van der Waals surface area (Å²) >= 11 is 13.6. The van der Waals surface area contributed by atoms with E-state index in [4.69, 9.17) is 23.2 Å². The van der Waals surface area contributed by atoms with Gasteiger partial charge < -0.3 is 5.32 Å². The summed E-state index contributed by atoms with van der Waals surface area (Å²) in [6.07, 6.45) is 0.975. The van der Waals surface area contributed by atoms with Crippen LogP contribution in [0.3, 0.4) is 0 Å². The monoisotopic (exact) mass is 390 g/mol. The van der Waals surface area contributed by atoms with Gasteiger partial charge in [-0.15, -0.1) is 11.3 Å². The van der Waals surface area contributed by atoms with Crippen molar-refractivity contribution in [3.8, 4) is 0 Å². The summed E-state index contributed by atoms with van der Waals surface area (Å²) in [5.41, 5.74) is 2.78. The molecule has 0 aliphatic heterocycles. The fourth-order valence-corrected chi connectivity index (χ4v) is 3.64. The highest BCUT2D eigenvalue weighted by Crippen LogP contribution is 2.18. The average Bonchev–Trinajstić information content (AvgIpc) is 3.01. The standard InChI is InChI=1S/C19H16Cl2N2OS/c20-15-6-3-4-13(8-15)9-19-23-16(12-25-19)10-18(24)22-11-14-5-1-2-7-17(14)21/h1-8,12H,9-11H2,(H,22,24). The highest BCUT2D eigenvalue weighted by Gasteiger charge is 2.09. The van der Waals surface area contributed by atoms with Gasteiger partial charge >= 0.3 is 0 Å². The average molecular weight is 391 g/mol. The van der Waals surface area contributed by atoms with Crippen molar-refractivity contribution < 1.29 is 4.79 Å². The highest BCUT2D eigenvalue weighted by molar-refractivity contribution is 7.09. The lowest BCUT2D eigenvalue weighted by atomic mass is 10.2. The summed E-state index contributed by atoms with van der Waals surface area (Å²) < 4.78 is 0. The maximum Gasteiger partial charge on any atom is 0.226 e. The molecule has 0 unspecified atom stereocenters. The van der Waals surface area contributed by atoms with Gasteiger partial charge in [0.25, 0.3) is 0 Å². The fourth-order valence-electron chi connectivity index (χ4n) is 2.40. The lowest BCUT2D eigenvalue weighted by molar-refractivity contribution is -0.120. The van der Waals surface area contributed by atoms with Gasteiger partial charge in [0.05, 0.1) is 17.1 Å². The predicted molar refractivity (Wildman–Crippen MR) is 103 cm³/mol. The summed E-state index contributed by atoms with van der Waals surface area (Å²) in [7, 11) is 0. The van der Waals surface area contributed by atoms with E-state index in [9.17, 15) is 4.79 Å². The van der Waals surface area contributed by atoms with Crippen LogP contribution in [-0.2, 0) is 24.2 Å². The van der Waals surface area contributed by atoms with Crippen LogP contribution in [0.2, 0.25) is 10.0 Å². The van der Waals surface area contributed by atoms with Crippen LogP contribution in [0.5, 0.6) is 0 Å². The molecule has 1 amide bonds. The second-order valence-electron chi connectivity index (χ2n) is 5.58. The molecule has 1 N–H and O–H groups in total. The number of rotatable bonds is 6. The Morgan fingerprint density at radius 3 is 2.76 bits per heavy atom. The number of nitrogens with one attached hydrogen (secondary N) is 1. The summed E-state index contributed by atoms with van der Waals surface area (Å²) in [5.74, 6) is -0.0699. The summed E-state index contributed by atoms with van der Waals surface area (Å²) in [5, 5.41) is 7.14. The molecular weight excluding hydrogens is 375 g/mol. The van der Waals surface area contributed by atoms with E-state index < -0.39 is 0 Å². The minimum absolute atomic E-state index is 0.0699. The van der Waals surface area contributed by atoms with Gasteiger partial charge in [0.2, 0.25) is 5.91 Å². The van der Waals surface area contributed by atoms with Crippen molar-refractivity contribution in [1.29, 1.82) is 0 Å². The number of hydrogen-bond acceptors (Lipinski definition) is 3. The highest BCUT2D eigenvalue weighted by atomic mass is 35.5. The molecule has 0 aliphatic carbocycles. The van der Waals surface area contributed by atoms with Crippen LogP contribution in [0, 0.1) is 0 Å². The quantitative estimate of drug-likeness (QED) is 0.650. The summed E-state index contributed by atoms with van der Waals surface area (Å²) in [4.78, 5) is 16.6. The molecule has 128 valence electrons. The molecule has 25 heavy (non-hydrogen) atoms. The van der Waals surface area contributed by atoms with E-state index >= 15 is 0 Å². The van der Waals surface area contributed by atoms with Crippen molar-refractivity contribution in [1.82, 2.24) is 10.3 Å². The first kappa shape index (κ1) is 17.9. The van der Waals surface area contributed by atoms with Gasteiger partial charge in [-0.05, 0) is 29.3 Å². The molecule has 2 aromatic carbocycles. The molecule has 6 heteroatoms. The Kier molecular flexibility index (Phi) is 6.08. The Bertz CT molecular complexity index is 879. The predicted octanol–water partition coefficient (Wildman–Crippen LogP) is 4.90. The number of carbonyl (C=O) groups excluding carboxylic acids is 1. The second kappa shape index (κ2) is 8.48. The summed E-state index contributed by atoms with van der Waals surface area (Å²) in [6, 6.07) is 15.2. The zero-order valence-corrected chi connectivity index (χ0v) is 15.7. The third-order valence-corrected chi connectivity index (χ3v) is 5.12. The van der Waals surface area contributed by atoms with Crippen LogP contribution in [0.15, 0.2) is 53.9 Å². The Morgan fingerprint density at radius 2 is 1.96 bits per heavy atom. The molecule has 3 rings (SSSR count). The lowest BCUT2D eigenvalue weighted by Gasteiger charge is -2.06. The normalized spacial score (nSPS) is 10.6. The molecule has 3 aromatic rings. The van der Waals surface area contributed by atoms with Gasteiger partial charge in [-0.3, -0.25) is 4.79 Å². The number of halogens is 2. The molecular formula is C19H16Cl2N2OS. The number of aromatic nitrogens is 1. The number of benzene rings is 2. The van der Waals surface area contributed by atoms with Gasteiger partial charge in [-0.25, -0.2) is 4.98 Å². The third-order valence-electron chi connectivity index (χ3n) is 3.62. The zero-order valence-electron chi connectivity index (χ0n) is 13.3. The SMILES string of the molecule is O=C(Cc1csc(Cc2cccc(Cl)c2)n1)NCc1ccccc1Cl. The van der Waals surface area contributed by atoms with Gasteiger partial charge in [-0.2, -0.15) is 0 Å². The zero-order chi connectivity index (χ0) is 17.6. The van der Waals surface area contributed by atoms with Crippen LogP contribution in [0.4, 0.5) is 0 Å². The molecule has 0 saturated carbocycles. The number of amides is 1. The van der Waals surface area contributed by atoms with Crippen molar-refractivity contribution in [3.05, 3.63) is 85.8 Å². The lowest BCUT2D eigenvalue weighted by Crippen LogP contribution is -2.24. The van der Waals surface area contributed by atoms with E-state index in [-0.39, 0.29) is 12.3 Å². The van der Waals surface area contributed by atoms with Crippen molar-refractivity contribution in [3.63, 3.8) is 0 Å². The van der Waals surface area contributed by atoms with Crippen molar-refractivity contribution in [2.45, 2.75) is 19.4 Å². The van der Waals surface area contributed by atoms with Crippen molar-refractivity contribution >= 4 is 40.4 Å². The maximum atomic E-state index is 12.1. The van der Waals surface area contributed by atoms with Crippen LogP contribution >= 0.6 is 34.5 Å². The smallest absolute Gasteiger partial charge is 0.226 e. The maximum absolute atomic E-state index is 12.1. The molecule has 0 radical (unpaired) electrons. The van der Waals surface area contributed by atoms with Crippen LogP contribution in [0.25, 0.3) is 0 Å². The van der Waals surface area contributed by atoms with E-state index in [1.807, 2.05) is 53.9 Å². The Hall–Kier alpha value is -1.88. The second-order valence-corrected chi connectivity index (χ2v) is 7.37. The van der Waals surface area contributed by atoms with E-state index in [0.717, 1.165) is 21.8 Å². The number of hydrogen-bond donors (Lipinski definition) is 1. The van der Waals surface area contributed by atoms with Crippen molar-refractivity contribution in [2.24, 2.45) is 0 Å². The molecule has 3 nitrogen and oxygen atoms in total. The molecule has 1 heterocycles. The molecule has 0 aliphatic rings. The molecule has 1 aromatic heterocycles. The van der Waals surface area contributed by atoms with Gasteiger partial charge in [0.1, 0.15) is 0 Å². The molecule has 0 spiro atoms.